The smallest absolute Gasteiger partial charge is 0.265 e. The number of carbonyl (C=O) groups is 2. The number of aliphatic hydroxyl groups is 1. The van der Waals surface area contributed by atoms with Gasteiger partial charge in [0.1, 0.15) is 6.54 Å². The molecular formula is C21H22ClN3O4S. The Bertz CT molecular complexity index is 1090. The van der Waals surface area contributed by atoms with Gasteiger partial charge >= 0.3 is 0 Å². The number of hydrogen-bond acceptors (Lipinski definition) is 5. The van der Waals surface area contributed by atoms with Crippen molar-refractivity contribution in [2.45, 2.75) is 19.4 Å². The number of aliphatic hydroxyl groups excluding tert-OH is 1. The number of likely N-dealkylation sites (tertiary alicyclic amines) is 1. The van der Waals surface area contributed by atoms with Gasteiger partial charge in [-0.15, -0.1) is 11.3 Å². The lowest BCUT2D eigenvalue weighted by Crippen LogP contribution is -2.40. The molecule has 1 fully saturated rings. The van der Waals surface area contributed by atoms with E-state index >= 15 is 0 Å². The van der Waals surface area contributed by atoms with E-state index in [0.29, 0.717) is 38.8 Å². The van der Waals surface area contributed by atoms with Crippen LogP contribution in [-0.2, 0) is 11.3 Å². The molecule has 158 valence electrons. The molecule has 1 aliphatic rings. The van der Waals surface area contributed by atoms with Gasteiger partial charge in [-0.2, -0.15) is 0 Å². The first-order valence-electron chi connectivity index (χ1n) is 9.72. The second-order valence-corrected chi connectivity index (χ2v) is 9.13. The minimum atomic E-state index is -0.283. The number of rotatable bonds is 5. The third kappa shape index (κ3) is 4.16. The van der Waals surface area contributed by atoms with Crippen molar-refractivity contribution in [3.05, 3.63) is 45.7 Å². The van der Waals surface area contributed by atoms with Crippen LogP contribution in [0.5, 0.6) is 5.88 Å². The van der Waals surface area contributed by atoms with Crippen LogP contribution < -0.4 is 5.32 Å². The van der Waals surface area contributed by atoms with Crippen LogP contribution in [0.25, 0.3) is 10.8 Å². The molecule has 3 aromatic rings. The van der Waals surface area contributed by atoms with Crippen LogP contribution in [0.2, 0.25) is 4.34 Å². The van der Waals surface area contributed by atoms with Crippen molar-refractivity contribution in [1.29, 1.82) is 0 Å². The molecule has 1 saturated heterocycles. The Kier molecular flexibility index (Phi) is 5.99. The van der Waals surface area contributed by atoms with Crippen molar-refractivity contribution in [2.24, 2.45) is 5.92 Å². The normalized spacial score (nSPS) is 14.9. The first-order valence-corrected chi connectivity index (χ1v) is 10.9. The van der Waals surface area contributed by atoms with Crippen LogP contribution in [0.15, 0.2) is 36.5 Å². The number of halogens is 1. The van der Waals surface area contributed by atoms with Crippen LogP contribution in [-0.4, -0.2) is 51.2 Å². The number of nitrogens with one attached hydrogen (secondary N) is 1. The van der Waals surface area contributed by atoms with E-state index < -0.39 is 0 Å². The van der Waals surface area contributed by atoms with Crippen LogP contribution in [0.4, 0.5) is 5.69 Å². The molecule has 4 rings (SSSR count). The van der Waals surface area contributed by atoms with Gasteiger partial charge in [0, 0.05) is 36.7 Å². The van der Waals surface area contributed by atoms with Gasteiger partial charge in [-0.1, -0.05) is 17.7 Å². The highest BCUT2D eigenvalue weighted by molar-refractivity contribution is 7.18. The number of aromatic hydroxyl groups is 1. The molecule has 0 saturated carbocycles. The topological polar surface area (TPSA) is 94.8 Å². The summed E-state index contributed by atoms with van der Waals surface area (Å²) < 4.78 is 2.03. The highest BCUT2D eigenvalue weighted by Gasteiger charge is 2.23. The number of hydrogen-bond donors (Lipinski definition) is 3. The number of piperidine rings is 1. The third-order valence-corrected chi connectivity index (χ3v) is 6.71. The second-order valence-electron chi connectivity index (χ2n) is 7.41. The number of thiophene rings is 1. The molecule has 1 aliphatic heterocycles. The fourth-order valence-corrected chi connectivity index (χ4v) is 4.67. The lowest BCUT2D eigenvalue weighted by molar-refractivity contribution is -0.133. The number of benzene rings is 1. The summed E-state index contributed by atoms with van der Waals surface area (Å²) in [7, 11) is 0. The summed E-state index contributed by atoms with van der Waals surface area (Å²) in [6.07, 6.45) is 3.25. The maximum absolute atomic E-state index is 12.7. The number of amides is 2. The van der Waals surface area contributed by atoms with Gasteiger partial charge in [0.15, 0.2) is 5.88 Å². The Hall–Kier alpha value is -2.55. The van der Waals surface area contributed by atoms with Gasteiger partial charge in [0.2, 0.25) is 5.91 Å². The average Bonchev–Trinajstić information content (AvgIpc) is 3.32. The monoisotopic (exact) mass is 447 g/mol. The fourth-order valence-electron chi connectivity index (χ4n) is 3.73. The predicted molar refractivity (Wildman–Crippen MR) is 117 cm³/mol. The van der Waals surface area contributed by atoms with E-state index in [2.05, 4.69) is 5.32 Å². The molecular weight excluding hydrogens is 426 g/mol. The zero-order valence-corrected chi connectivity index (χ0v) is 17.7. The van der Waals surface area contributed by atoms with Crippen LogP contribution >= 0.6 is 22.9 Å². The van der Waals surface area contributed by atoms with Gasteiger partial charge < -0.3 is 25.0 Å². The van der Waals surface area contributed by atoms with Gasteiger partial charge in [0.05, 0.1) is 14.9 Å². The number of aromatic nitrogens is 1. The Morgan fingerprint density at radius 2 is 1.93 bits per heavy atom. The van der Waals surface area contributed by atoms with E-state index in [-0.39, 0.29) is 36.8 Å². The second kappa shape index (κ2) is 8.67. The van der Waals surface area contributed by atoms with Gasteiger partial charge in [-0.25, -0.2) is 0 Å². The maximum atomic E-state index is 12.7. The van der Waals surface area contributed by atoms with Gasteiger partial charge in [-0.3, -0.25) is 9.59 Å². The summed E-state index contributed by atoms with van der Waals surface area (Å²) in [6.45, 7) is 1.38. The molecule has 7 nitrogen and oxygen atoms in total. The van der Waals surface area contributed by atoms with Crippen molar-refractivity contribution in [3.63, 3.8) is 0 Å². The van der Waals surface area contributed by atoms with E-state index in [0.717, 1.165) is 12.8 Å². The average molecular weight is 448 g/mol. The summed E-state index contributed by atoms with van der Waals surface area (Å²) in [5, 5.41) is 23.9. The van der Waals surface area contributed by atoms with Crippen molar-refractivity contribution in [2.75, 3.05) is 25.0 Å². The molecule has 30 heavy (non-hydrogen) atoms. The standard InChI is InChI=1S/C21H22ClN3O4S/c22-18-5-4-17(30-18)20(28)23-16-3-1-2-14-15(16)10-25(21(14)29)11-19(27)24-8-6-13(12-26)7-9-24/h1-5,10,13,26,29H,6-9,11-12H2,(H,23,28). The number of nitrogens with zero attached hydrogens (tertiary/aromatic N) is 2. The quantitative estimate of drug-likeness (QED) is 0.557. The van der Waals surface area contributed by atoms with E-state index in [1.54, 1.807) is 41.4 Å². The molecule has 2 aromatic heterocycles. The summed E-state index contributed by atoms with van der Waals surface area (Å²) >= 11 is 7.10. The third-order valence-electron chi connectivity index (χ3n) is 5.48. The lowest BCUT2D eigenvalue weighted by atomic mass is 9.98. The number of fused-ring (bicyclic) bond motifs is 1. The minimum absolute atomic E-state index is 0.0121. The summed E-state index contributed by atoms with van der Waals surface area (Å²) in [6, 6.07) is 8.56. The Morgan fingerprint density at radius 3 is 2.60 bits per heavy atom. The van der Waals surface area contributed by atoms with Crippen molar-refractivity contribution >= 4 is 51.2 Å². The van der Waals surface area contributed by atoms with Crippen molar-refractivity contribution < 1.29 is 19.8 Å². The highest BCUT2D eigenvalue weighted by Crippen LogP contribution is 2.33. The molecule has 2 amide bonds. The number of anilines is 1. The van der Waals surface area contributed by atoms with Crippen LogP contribution in [0, 0.1) is 5.92 Å². The molecule has 0 atom stereocenters. The maximum Gasteiger partial charge on any atom is 0.265 e. The molecule has 0 bridgehead atoms. The van der Waals surface area contributed by atoms with Crippen molar-refractivity contribution in [3.8, 4) is 5.88 Å². The van der Waals surface area contributed by atoms with E-state index in [1.165, 1.54) is 15.9 Å². The molecule has 3 N–H and O–H groups in total. The lowest BCUT2D eigenvalue weighted by Gasteiger charge is -2.31. The fraction of sp³-hybridized carbons (Fsp3) is 0.333. The molecule has 9 heteroatoms. The van der Waals surface area contributed by atoms with E-state index in [9.17, 15) is 19.8 Å². The highest BCUT2D eigenvalue weighted by atomic mass is 35.5. The van der Waals surface area contributed by atoms with Crippen molar-refractivity contribution in [1.82, 2.24) is 9.47 Å². The summed E-state index contributed by atoms with van der Waals surface area (Å²) in [5.41, 5.74) is 0.548. The van der Waals surface area contributed by atoms with E-state index in [1.807, 2.05) is 0 Å². The molecule has 0 radical (unpaired) electrons. The first kappa shape index (κ1) is 20.7. The zero-order valence-electron chi connectivity index (χ0n) is 16.2. The molecule has 0 unspecified atom stereocenters. The largest absolute Gasteiger partial charge is 0.494 e. The summed E-state index contributed by atoms with van der Waals surface area (Å²) in [5.74, 6) is -0.129. The van der Waals surface area contributed by atoms with Gasteiger partial charge in [0.25, 0.3) is 5.91 Å². The Labute approximate surface area is 182 Å². The van der Waals surface area contributed by atoms with Gasteiger partial charge in [-0.05, 0) is 43.0 Å². The van der Waals surface area contributed by atoms with Crippen LogP contribution in [0.3, 0.4) is 0 Å². The first-order chi connectivity index (χ1) is 14.5. The Balaban J connectivity index is 1.53. The molecule has 1 aromatic carbocycles. The zero-order chi connectivity index (χ0) is 21.3. The summed E-state index contributed by atoms with van der Waals surface area (Å²) in [4.78, 5) is 27.4. The number of carbonyl (C=O) groups excluding carboxylic acids is 2. The molecule has 0 aliphatic carbocycles. The predicted octanol–water partition coefficient (Wildman–Crippen LogP) is 3.55. The molecule has 3 heterocycles. The molecule has 0 spiro atoms. The van der Waals surface area contributed by atoms with E-state index in [4.69, 9.17) is 11.6 Å². The Morgan fingerprint density at radius 1 is 1.17 bits per heavy atom. The minimum Gasteiger partial charge on any atom is -0.494 e. The van der Waals surface area contributed by atoms with Crippen LogP contribution in [0.1, 0.15) is 22.5 Å². The SMILES string of the molecule is O=C(Nc1cccc2c(O)n(CC(=O)N3CCC(CO)CC3)cc12)c1ccc(Cl)s1.